The summed E-state index contributed by atoms with van der Waals surface area (Å²) in [6.45, 7) is 0. The molecule has 2 aromatic rings. The third-order valence-corrected chi connectivity index (χ3v) is 7.62. The molecule has 1 aromatic carbocycles. The van der Waals surface area contributed by atoms with Crippen molar-refractivity contribution in [2.24, 2.45) is 0 Å². The van der Waals surface area contributed by atoms with Crippen molar-refractivity contribution in [2.45, 2.75) is 56.2 Å². The molecule has 2 aliphatic rings. The van der Waals surface area contributed by atoms with Crippen molar-refractivity contribution in [1.82, 2.24) is 9.97 Å². The first-order valence-electron chi connectivity index (χ1n) is 9.86. The van der Waals surface area contributed by atoms with E-state index in [0.29, 0.717) is 24.1 Å². The summed E-state index contributed by atoms with van der Waals surface area (Å²) in [7, 11) is -2.95. The van der Waals surface area contributed by atoms with Crippen LogP contribution in [0.3, 0.4) is 0 Å². The first kappa shape index (κ1) is 19.1. The van der Waals surface area contributed by atoms with E-state index in [1.807, 2.05) is 24.3 Å². The fourth-order valence-electron chi connectivity index (χ4n) is 3.52. The lowest BCUT2D eigenvalue weighted by Gasteiger charge is -2.13. The Kier molecular flexibility index (Phi) is 5.48. The summed E-state index contributed by atoms with van der Waals surface area (Å²) >= 11 is 0. The third kappa shape index (κ3) is 4.79. The highest BCUT2D eigenvalue weighted by Crippen LogP contribution is 2.29. The van der Waals surface area contributed by atoms with Crippen LogP contribution in [0.2, 0.25) is 0 Å². The van der Waals surface area contributed by atoms with E-state index in [1.165, 1.54) is 19.0 Å². The summed E-state index contributed by atoms with van der Waals surface area (Å²) in [5.41, 5.74) is 1.64. The van der Waals surface area contributed by atoms with Gasteiger partial charge in [-0.05, 0) is 49.8 Å². The zero-order valence-electron chi connectivity index (χ0n) is 15.7. The normalized spacial score (nSPS) is 17.6. The van der Waals surface area contributed by atoms with Crippen molar-refractivity contribution in [3.05, 3.63) is 41.8 Å². The number of halogens is 1. The summed E-state index contributed by atoms with van der Waals surface area (Å²) in [4.78, 5) is 8.29. The Balaban J connectivity index is 1.38. The Labute approximate surface area is 164 Å². The molecular weight excluding hydrogens is 379 g/mol. The zero-order chi connectivity index (χ0) is 19.6. The fraction of sp³-hybridized carbons (Fsp3) is 0.500. The van der Waals surface area contributed by atoms with Gasteiger partial charge in [0.05, 0.1) is 17.2 Å². The van der Waals surface area contributed by atoms with Crippen LogP contribution in [-0.2, 0) is 16.3 Å². The lowest BCUT2D eigenvalue weighted by molar-refractivity contribution is 0.594. The lowest BCUT2D eigenvalue weighted by Crippen LogP contribution is -2.17. The molecule has 28 heavy (non-hydrogen) atoms. The van der Waals surface area contributed by atoms with Gasteiger partial charge in [0.25, 0.3) is 0 Å². The van der Waals surface area contributed by atoms with E-state index >= 15 is 0 Å². The van der Waals surface area contributed by atoms with E-state index in [2.05, 4.69) is 20.6 Å². The summed E-state index contributed by atoms with van der Waals surface area (Å²) in [5.74, 6) is 0.218. The van der Waals surface area contributed by atoms with Crippen LogP contribution < -0.4 is 10.6 Å². The Morgan fingerprint density at radius 2 is 1.79 bits per heavy atom. The van der Waals surface area contributed by atoms with Gasteiger partial charge in [0.15, 0.2) is 21.5 Å². The molecule has 1 aromatic heterocycles. The van der Waals surface area contributed by atoms with Gasteiger partial charge in [-0.25, -0.2) is 17.8 Å². The van der Waals surface area contributed by atoms with E-state index in [-0.39, 0.29) is 16.8 Å². The third-order valence-electron chi connectivity index (χ3n) is 5.36. The topological polar surface area (TPSA) is 84.0 Å². The second-order valence-electron chi connectivity index (χ2n) is 7.65. The Hall–Kier alpha value is -2.22. The van der Waals surface area contributed by atoms with Crippen LogP contribution >= 0.6 is 0 Å². The van der Waals surface area contributed by atoms with E-state index in [4.69, 9.17) is 0 Å². The van der Waals surface area contributed by atoms with Crippen LogP contribution in [0.15, 0.2) is 30.5 Å². The van der Waals surface area contributed by atoms with Gasteiger partial charge in [0.2, 0.25) is 5.95 Å². The van der Waals surface area contributed by atoms with Crippen LogP contribution in [0, 0.1) is 5.82 Å². The number of hydrogen-bond donors (Lipinski definition) is 2. The Bertz CT molecular complexity index is 924. The molecule has 4 rings (SSSR count). The molecule has 2 saturated carbocycles. The van der Waals surface area contributed by atoms with E-state index in [9.17, 15) is 12.8 Å². The maximum atomic E-state index is 14.1. The van der Waals surface area contributed by atoms with Crippen LogP contribution in [0.5, 0.6) is 0 Å². The molecule has 0 atom stereocenters. The molecule has 6 nitrogen and oxygen atoms in total. The largest absolute Gasteiger partial charge is 0.351 e. The van der Waals surface area contributed by atoms with Gasteiger partial charge >= 0.3 is 0 Å². The summed E-state index contributed by atoms with van der Waals surface area (Å²) < 4.78 is 38.1. The number of aromatic nitrogens is 2. The monoisotopic (exact) mass is 404 g/mol. The SMILES string of the molecule is O=S(=O)(CCc1ccc(Nc2nc(NC3CCCC3)ncc2F)cc1)C1CC1. The van der Waals surface area contributed by atoms with E-state index in [1.54, 1.807) is 0 Å². The average Bonchev–Trinajstić information content (AvgIpc) is 3.43. The smallest absolute Gasteiger partial charge is 0.225 e. The molecule has 0 bridgehead atoms. The quantitative estimate of drug-likeness (QED) is 0.696. The molecule has 0 radical (unpaired) electrons. The molecule has 2 N–H and O–H groups in total. The standard InChI is InChI=1S/C20H25FN4O2S/c21-18-13-22-20(24-15-3-1-2-4-15)25-19(18)23-16-7-5-14(6-8-16)11-12-28(26,27)17-9-10-17/h5-8,13,15,17H,1-4,9-12H2,(H2,22,23,24,25). The second-order valence-corrected chi connectivity index (χ2v) is 10.1. The maximum absolute atomic E-state index is 14.1. The highest BCUT2D eigenvalue weighted by molar-refractivity contribution is 7.92. The number of nitrogens with one attached hydrogen (secondary N) is 2. The molecule has 0 aliphatic heterocycles. The number of hydrogen-bond acceptors (Lipinski definition) is 6. The van der Waals surface area contributed by atoms with Crippen molar-refractivity contribution < 1.29 is 12.8 Å². The maximum Gasteiger partial charge on any atom is 0.225 e. The minimum atomic E-state index is -2.95. The average molecular weight is 405 g/mol. The predicted octanol–water partition coefficient (Wildman–Crippen LogP) is 3.83. The lowest BCUT2D eigenvalue weighted by atomic mass is 10.1. The molecular formula is C20H25FN4O2S. The first-order valence-corrected chi connectivity index (χ1v) is 11.6. The van der Waals surface area contributed by atoms with Crippen molar-refractivity contribution in [1.29, 1.82) is 0 Å². The van der Waals surface area contributed by atoms with Gasteiger partial charge in [-0.2, -0.15) is 4.98 Å². The highest BCUT2D eigenvalue weighted by Gasteiger charge is 2.34. The predicted molar refractivity (Wildman–Crippen MR) is 108 cm³/mol. The first-order chi connectivity index (χ1) is 13.5. The second kappa shape index (κ2) is 8.03. The molecule has 0 spiro atoms. The van der Waals surface area contributed by atoms with Crippen molar-refractivity contribution in [3.8, 4) is 0 Å². The van der Waals surface area contributed by atoms with Gasteiger partial charge in [-0.3, -0.25) is 0 Å². The number of sulfone groups is 1. The molecule has 2 fully saturated rings. The van der Waals surface area contributed by atoms with Crippen molar-refractivity contribution >= 4 is 27.3 Å². The minimum Gasteiger partial charge on any atom is -0.351 e. The number of anilines is 3. The Morgan fingerprint density at radius 3 is 2.46 bits per heavy atom. The minimum absolute atomic E-state index is 0.124. The van der Waals surface area contributed by atoms with Gasteiger partial charge in [0.1, 0.15) is 0 Å². The number of aryl methyl sites for hydroxylation is 1. The van der Waals surface area contributed by atoms with Gasteiger partial charge in [-0.15, -0.1) is 0 Å². The van der Waals surface area contributed by atoms with Gasteiger partial charge in [-0.1, -0.05) is 25.0 Å². The molecule has 0 saturated heterocycles. The number of rotatable bonds is 8. The van der Waals surface area contributed by atoms with E-state index in [0.717, 1.165) is 31.2 Å². The van der Waals surface area contributed by atoms with E-state index < -0.39 is 15.7 Å². The Morgan fingerprint density at radius 1 is 1.07 bits per heavy atom. The molecule has 150 valence electrons. The summed E-state index contributed by atoms with van der Waals surface area (Å²) in [5, 5.41) is 6.12. The van der Waals surface area contributed by atoms with Crippen molar-refractivity contribution in [3.63, 3.8) is 0 Å². The number of nitrogens with zero attached hydrogens (tertiary/aromatic N) is 2. The fourth-order valence-corrected chi connectivity index (χ4v) is 5.23. The van der Waals surface area contributed by atoms with Crippen LogP contribution in [0.25, 0.3) is 0 Å². The van der Waals surface area contributed by atoms with Gasteiger partial charge < -0.3 is 10.6 Å². The molecule has 2 aliphatic carbocycles. The highest BCUT2D eigenvalue weighted by atomic mass is 32.2. The van der Waals surface area contributed by atoms with Crippen LogP contribution in [-0.4, -0.2) is 35.4 Å². The number of benzene rings is 1. The summed E-state index contributed by atoms with van der Waals surface area (Å²) in [6, 6.07) is 7.70. The van der Waals surface area contributed by atoms with Crippen LogP contribution in [0.4, 0.5) is 21.8 Å². The zero-order valence-corrected chi connectivity index (χ0v) is 16.5. The summed E-state index contributed by atoms with van der Waals surface area (Å²) in [6.07, 6.45) is 7.82. The molecule has 0 amide bonds. The van der Waals surface area contributed by atoms with Crippen LogP contribution in [0.1, 0.15) is 44.1 Å². The molecule has 8 heteroatoms. The van der Waals surface area contributed by atoms with Gasteiger partial charge in [0, 0.05) is 11.7 Å². The molecule has 0 unspecified atom stereocenters. The molecule has 1 heterocycles. The van der Waals surface area contributed by atoms with Crippen molar-refractivity contribution in [2.75, 3.05) is 16.4 Å².